The third kappa shape index (κ3) is 6.71. The number of ether oxygens (including phenoxy) is 2. The summed E-state index contributed by atoms with van der Waals surface area (Å²) in [6.07, 6.45) is 0.931. The molecule has 1 N–H and O–H groups in total. The number of carbonyl (C=O) groups excluding carboxylic acids is 1. The molecule has 0 aliphatic carbocycles. The first-order valence-corrected chi connectivity index (χ1v) is 10.8. The van der Waals surface area contributed by atoms with E-state index >= 15 is 0 Å². The molecule has 0 radical (unpaired) electrons. The van der Waals surface area contributed by atoms with Crippen LogP contribution in [0.25, 0.3) is 0 Å². The maximum atomic E-state index is 12.2. The summed E-state index contributed by atoms with van der Waals surface area (Å²) in [7, 11) is 0. The van der Waals surface area contributed by atoms with E-state index in [1.54, 1.807) is 0 Å². The van der Waals surface area contributed by atoms with Gasteiger partial charge in [0.15, 0.2) is 5.11 Å². The molecule has 0 amide bonds. The quantitative estimate of drug-likeness (QED) is 0.536. The van der Waals surface area contributed by atoms with Gasteiger partial charge in [0.05, 0.1) is 18.8 Å². The van der Waals surface area contributed by atoms with Gasteiger partial charge in [-0.15, -0.1) is 0 Å². The van der Waals surface area contributed by atoms with Crippen LogP contribution in [-0.4, -0.2) is 60.2 Å². The lowest BCUT2D eigenvalue weighted by atomic mass is 10.2. The monoisotopic (exact) mass is 427 g/mol. The highest BCUT2D eigenvalue weighted by Gasteiger charge is 2.20. The van der Waals surface area contributed by atoms with E-state index in [0.717, 1.165) is 49.6 Å². The van der Waals surface area contributed by atoms with Gasteiger partial charge in [0, 0.05) is 26.2 Å². The van der Waals surface area contributed by atoms with Crippen LogP contribution in [-0.2, 0) is 16.1 Å². The predicted molar refractivity (Wildman–Crippen MR) is 123 cm³/mol. The third-order valence-electron chi connectivity index (χ3n) is 4.90. The molecule has 0 bridgehead atoms. The Bertz CT molecular complexity index is 831. The number of benzene rings is 2. The van der Waals surface area contributed by atoms with Crippen LogP contribution in [0.2, 0.25) is 0 Å². The van der Waals surface area contributed by atoms with Crippen LogP contribution in [0.5, 0.6) is 5.75 Å². The molecule has 3 rings (SSSR count). The van der Waals surface area contributed by atoms with Crippen molar-refractivity contribution in [3.63, 3.8) is 0 Å². The number of nitrogens with zero attached hydrogens (tertiary/aromatic N) is 2. The van der Waals surface area contributed by atoms with Gasteiger partial charge in [0.2, 0.25) is 0 Å². The average Bonchev–Trinajstić information content (AvgIpc) is 3.00. The second kappa shape index (κ2) is 11.5. The standard InChI is InChI=1S/C23H29N3O3S/c1-2-28-21-12-7-6-11-20(21)24-23(30)26-14-8-13-25(15-16-26)17-22(27)29-18-19-9-4-3-5-10-19/h3-7,9-12H,2,8,13-18H2,1H3,(H,24,30). The minimum absolute atomic E-state index is 0.196. The summed E-state index contributed by atoms with van der Waals surface area (Å²) in [6.45, 7) is 6.38. The molecule has 1 aliphatic heterocycles. The summed E-state index contributed by atoms with van der Waals surface area (Å²) >= 11 is 5.63. The maximum Gasteiger partial charge on any atom is 0.320 e. The van der Waals surface area contributed by atoms with E-state index in [-0.39, 0.29) is 5.97 Å². The van der Waals surface area contributed by atoms with Gasteiger partial charge in [0.25, 0.3) is 0 Å². The van der Waals surface area contributed by atoms with E-state index in [4.69, 9.17) is 21.7 Å². The van der Waals surface area contributed by atoms with Crippen LogP contribution >= 0.6 is 12.2 Å². The lowest BCUT2D eigenvalue weighted by molar-refractivity contribution is -0.146. The lowest BCUT2D eigenvalue weighted by Gasteiger charge is -2.25. The molecule has 1 saturated heterocycles. The Balaban J connectivity index is 1.46. The number of anilines is 1. The zero-order valence-corrected chi connectivity index (χ0v) is 18.2. The van der Waals surface area contributed by atoms with Crippen LogP contribution in [0.15, 0.2) is 54.6 Å². The Morgan fingerprint density at radius 1 is 1.03 bits per heavy atom. The Morgan fingerprint density at radius 3 is 2.60 bits per heavy atom. The zero-order valence-electron chi connectivity index (χ0n) is 17.4. The van der Waals surface area contributed by atoms with E-state index in [1.807, 2.05) is 61.5 Å². The Hall–Kier alpha value is -2.64. The summed E-state index contributed by atoms with van der Waals surface area (Å²) in [5.74, 6) is 0.596. The molecule has 7 heteroatoms. The van der Waals surface area contributed by atoms with Crippen LogP contribution in [0.3, 0.4) is 0 Å². The predicted octanol–water partition coefficient (Wildman–Crippen LogP) is 3.53. The highest BCUT2D eigenvalue weighted by molar-refractivity contribution is 7.80. The van der Waals surface area contributed by atoms with Crippen LogP contribution in [0.4, 0.5) is 5.69 Å². The van der Waals surface area contributed by atoms with Gasteiger partial charge in [-0.05, 0) is 43.3 Å². The third-order valence-corrected chi connectivity index (χ3v) is 5.26. The minimum Gasteiger partial charge on any atom is -0.492 e. The first kappa shape index (κ1) is 22.1. The van der Waals surface area contributed by atoms with E-state index in [2.05, 4.69) is 15.1 Å². The highest BCUT2D eigenvalue weighted by atomic mass is 32.1. The van der Waals surface area contributed by atoms with Gasteiger partial charge in [-0.25, -0.2) is 0 Å². The molecule has 0 atom stereocenters. The Labute approximate surface area is 183 Å². The number of hydrogen-bond acceptors (Lipinski definition) is 5. The van der Waals surface area contributed by atoms with Crippen molar-refractivity contribution in [2.45, 2.75) is 20.0 Å². The molecule has 160 valence electrons. The van der Waals surface area contributed by atoms with Gasteiger partial charge >= 0.3 is 5.97 Å². The largest absolute Gasteiger partial charge is 0.492 e. The topological polar surface area (TPSA) is 54.0 Å². The van der Waals surface area contributed by atoms with Crippen molar-refractivity contribution in [3.8, 4) is 5.75 Å². The SMILES string of the molecule is CCOc1ccccc1NC(=S)N1CCCN(CC(=O)OCc2ccccc2)CC1. The fourth-order valence-corrected chi connectivity index (χ4v) is 3.64. The molecule has 0 saturated carbocycles. The first-order chi connectivity index (χ1) is 14.7. The second-order valence-electron chi connectivity index (χ2n) is 7.12. The second-order valence-corrected chi connectivity index (χ2v) is 7.51. The number of esters is 1. The van der Waals surface area contributed by atoms with Crippen molar-refractivity contribution in [2.75, 3.05) is 44.6 Å². The minimum atomic E-state index is -0.196. The summed E-state index contributed by atoms with van der Waals surface area (Å²) in [4.78, 5) is 16.5. The van der Waals surface area contributed by atoms with Crippen molar-refractivity contribution in [1.29, 1.82) is 0 Å². The number of thiocarbonyl (C=S) groups is 1. The van der Waals surface area contributed by atoms with Crippen LogP contribution in [0, 0.1) is 0 Å². The molecule has 30 heavy (non-hydrogen) atoms. The summed E-state index contributed by atoms with van der Waals surface area (Å²) < 4.78 is 11.1. The van der Waals surface area contributed by atoms with E-state index in [9.17, 15) is 4.79 Å². The molecular weight excluding hydrogens is 398 g/mol. The fourth-order valence-electron chi connectivity index (χ4n) is 3.34. The summed E-state index contributed by atoms with van der Waals surface area (Å²) in [5.41, 5.74) is 1.87. The van der Waals surface area contributed by atoms with E-state index in [1.165, 1.54) is 0 Å². The fraction of sp³-hybridized carbons (Fsp3) is 0.391. The molecule has 1 aliphatic rings. The molecule has 0 aromatic heterocycles. The van der Waals surface area contributed by atoms with Gasteiger partial charge in [-0.2, -0.15) is 0 Å². The summed E-state index contributed by atoms with van der Waals surface area (Å²) in [6, 6.07) is 17.5. The van der Waals surface area contributed by atoms with Crippen LogP contribution in [0.1, 0.15) is 18.9 Å². The molecular formula is C23H29N3O3S. The van der Waals surface area contributed by atoms with Crippen molar-refractivity contribution in [2.24, 2.45) is 0 Å². The smallest absolute Gasteiger partial charge is 0.320 e. The molecule has 1 heterocycles. The molecule has 6 nitrogen and oxygen atoms in total. The van der Waals surface area contributed by atoms with Crippen molar-refractivity contribution < 1.29 is 14.3 Å². The van der Waals surface area contributed by atoms with Crippen molar-refractivity contribution in [3.05, 3.63) is 60.2 Å². The number of carbonyl (C=O) groups is 1. The van der Waals surface area contributed by atoms with Gasteiger partial charge in [-0.3, -0.25) is 9.69 Å². The first-order valence-electron chi connectivity index (χ1n) is 10.4. The number of hydrogen-bond donors (Lipinski definition) is 1. The maximum absolute atomic E-state index is 12.2. The van der Waals surface area contributed by atoms with Crippen molar-refractivity contribution >= 4 is 29.0 Å². The van der Waals surface area contributed by atoms with Crippen molar-refractivity contribution in [1.82, 2.24) is 9.80 Å². The highest BCUT2D eigenvalue weighted by Crippen LogP contribution is 2.24. The molecule has 1 fully saturated rings. The summed E-state index contributed by atoms with van der Waals surface area (Å²) in [5, 5.41) is 3.99. The average molecular weight is 428 g/mol. The van der Waals surface area contributed by atoms with E-state index in [0.29, 0.717) is 24.9 Å². The number of rotatable bonds is 7. The van der Waals surface area contributed by atoms with Gasteiger partial charge < -0.3 is 19.7 Å². The Kier molecular flexibility index (Phi) is 8.47. The van der Waals surface area contributed by atoms with Gasteiger partial charge in [0.1, 0.15) is 12.4 Å². The molecule has 2 aromatic rings. The van der Waals surface area contributed by atoms with Gasteiger partial charge in [-0.1, -0.05) is 42.5 Å². The zero-order chi connectivity index (χ0) is 21.2. The molecule has 0 spiro atoms. The lowest BCUT2D eigenvalue weighted by Crippen LogP contribution is -2.39. The van der Waals surface area contributed by atoms with Crippen LogP contribution < -0.4 is 10.1 Å². The number of nitrogens with one attached hydrogen (secondary N) is 1. The molecule has 2 aromatic carbocycles. The molecule has 0 unspecified atom stereocenters. The normalized spacial score (nSPS) is 14.6. The van der Waals surface area contributed by atoms with E-state index < -0.39 is 0 Å². The Morgan fingerprint density at radius 2 is 1.80 bits per heavy atom. The number of para-hydroxylation sites is 2.